The van der Waals surface area contributed by atoms with Gasteiger partial charge in [0, 0.05) is 11.1 Å². The lowest BCUT2D eigenvalue weighted by atomic mass is 9.70. The fraction of sp³-hybridized carbons (Fsp3) is 0.444. The van der Waals surface area contributed by atoms with Crippen molar-refractivity contribution in [1.29, 1.82) is 0 Å². The molecule has 2 fully saturated rings. The first-order valence-corrected chi connectivity index (χ1v) is 9.48. The van der Waals surface area contributed by atoms with Gasteiger partial charge in [-0.25, -0.2) is 0 Å². The number of fused-ring (bicyclic) bond motifs is 2. The van der Waals surface area contributed by atoms with Crippen molar-refractivity contribution >= 4 is 28.3 Å². The van der Waals surface area contributed by atoms with Crippen LogP contribution in [0.15, 0.2) is 29.8 Å². The second kappa shape index (κ2) is 5.36. The molecule has 5 nitrogen and oxygen atoms in total. The Kier molecular flexibility index (Phi) is 3.81. The Bertz CT molecular complexity index is 833. The predicted octanol–water partition coefficient (Wildman–Crippen LogP) is 2.78. The van der Waals surface area contributed by atoms with Crippen molar-refractivity contribution in [3.63, 3.8) is 0 Å². The first-order chi connectivity index (χ1) is 11.1. The fourth-order valence-corrected chi connectivity index (χ4v) is 5.71. The molecule has 2 aliphatic rings. The van der Waals surface area contributed by atoms with Gasteiger partial charge >= 0.3 is 0 Å². The van der Waals surface area contributed by atoms with Gasteiger partial charge in [0.25, 0.3) is 10.1 Å². The maximum absolute atomic E-state index is 13.0. The fourth-order valence-electron chi connectivity index (χ4n) is 4.44. The lowest BCUT2D eigenvalue weighted by Crippen LogP contribution is -2.42. The molecule has 0 radical (unpaired) electrons. The molecular weight excluding hydrogens is 328 g/mol. The first-order valence-electron chi connectivity index (χ1n) is 7.87. The third kappa shape index (κ3) is 2.45. The van der Waals surface area contributed by atoms with Crippen LogP contribution in [0.2, 0.25) is 0 Å². The van der Waals surface area contributed by atoms with E-state index < -0.39 is 26.7 Å². The number of hydrogen-bond donors (Lipinski definition) is 1. The maximum Gasteiger partial charge on any atom is 0.265 e. The molecule has 0 heterocycles. The topological polar surface area (TPSA) is 88.5 Å². The smallest absolute Gasteiger partial charge is 0.265 e. The van der Waals surface area contributed by atoms with Gasteiger partial charge in [-0.1, -0.05) is 38.1 Å². The third-order valence-corrected chi connectivity index (χ3v) is 6.72. The van der Waals surface area contributed by atoms with Crippen LogP contribution >= 0.6 is 0 Å². The van der Waals surface area contributed by atoms with Crippen LogP contribution in [-0.4, -0.2) is 30.8 Å². The van der Waals surface area contributed by atoms with E-state index in [2.05, 4.69) is 0 Å². The van der Waals surface area contributed by atoms with Gasteiger partial charge in [0.15, 0.2) is 5.78 Å². The zero-order valence-electron chi connectivity index (χ0n) is 13.7. The predicted molar refractivity (Wildman–Crippen MR) is 90.2 cm³/mol. The maximum atomic E-state index is 13.0. The Morgan fingerprint density at radius 1 is 1.21 bits per heavy atom. The SMILES string of the molecule is CC1(C)[C@@H]2CC[C@@]1(CS(=O)(=O)O)C(=O)/C2=C\c1ccc(C=O)cc1. The van der Waals surface area contributed by atoms with E-state index in [1.165, 1.54) is 0 Å². The first kappa shape index (κ1) is 17.0. The summed E-state index contributed by atoms with van der Waals surface area (Å²) in [6.07, 6.45) is 3.75. The van der Waals surface area contributed by atoms with Crippen molar-refractivity contribution in [2.75, 3.05) is 5.75 Å². The van der Waals surface area contributed by atoms with Crippen molar-refractivity contribution in [2.45, 2.75) is 26.7 Å². The Labute approximate surface area is 141 Å². The molecule has 2 saturated carbocycles. The highest BCUT2D eigenvalue weighted by Crippen LogP contribution is 2.66. The highest BCUT2D eigenvalue weighted by Gasteiger charge is 2.67. The normalized spacial score (nSPS) is 30.0. The number of carbonyl (C=O) groups excluding carboxylic acids is 2. The standard InChI is InChI=1S/C18H20O5S/c1-17(2)15-7-8-18(17,11-24(21,22)23)16(20)14(15)9-12-3-5-13(10-19)6-4-12/h3-6,9-10,15H,7-8,11H2,1-2H3,(H,21,22,23)/b14-9-/t15-,18-/m1/s1. The van der Waals surface area contributed by atoms with E-state index in [4.69, 9.17) is 0 Å². The highest BCUT2D eigenvalue weighted by atomic mass is 32.2. The molecule has 24 heavy (non-hydrogen) atoms. The van der Waals surface area contributed by atoms with Gasteiger partial charge < -0.3 is 0 Å². The molecule has 6 heteroatoms. The van der Waals surface area contributed by atoms with Gasteiger partial charge in [0.05, 0.1) is 11.2 Å². The Hall–Kier alpha value is -1.79. The van der Waals surface area contributed by atoms with Crippen LogP contribution in [0.4, 0.5) is 0 Å². The van der Waals surface area contributed by atoms with Crippen LogP contribution in [0.5, 0.6) is 0 Å². The molecule has 1 N–H and O–H groups in total. The van der Waals surface area contributed by atoms with E-state index in [-0.39, 0.29) is 11.7 Å². The summed E-state index contributed by atoms with van der Waals surface area (Å²) in [6.45, 7) is 3.81. The molecule has 2 aliphatic carbocycles. The summed E-state index contributed by atoms with van der Waals surface area (Å²) in [6, 6.07) is 6.88. The lowest BCUT2D eigenvalue weighted by Gasteiger charge is -2.34. The number of rotatable bonds is 4. The summed E-state index contributed by atoms with van der Waals surface area (Å²) < 4.78 is 32.3. The Balaban J connectivity index is 2.04. The summed E-state index contributed by atoms with van der Waals surface area (Å²) in [5, 5.41) is 0. The van der Waals surface area contributed by atoms with E-state index >= 15 is 0 Å². The van der Waals surface area contributed by atoms with Gasteiger partial charge in [-0.05, 0) is 35.8 Å². The molecule has 2 atom stereocenters. The van der Waals surface area contributed by atoms with Crippen LogP contribution in [0.25, 0.3) is 6.08 Å². The van der Waals surface area contributed by atoms with Gasteiger partial charge in [-0.2, -0.15) is 8.42 Å². The number of allylic oxidation sites excluding steroid dienone is 1. The number of carbonyl (C=O) groups is 2. The monoisotopic (exact) mass is 348 g/mol. The average molecular weight is 348 g/mol. The summed E-state index contributed by atoms with van der Waals surface area (Å²) in [4.78, 5) is 23.7. The molecule has 0 unspecified atom stereocenters. The highest BCUT2D eigenvalue weighted by molar-refractivity contribution is 7.85. The van der Waals surface area contributed by atoms with Crippen LogP contribution in [-0.2, 0) is 14.9 Å². The quantitative estimate of drug-likeness (QED) is 0.513. The largest absolute Gasteiger partial charge is 0.298 e. The van der Waals surface area contributed by atoms with Crippen LogP contribution in [0, 0.1) is 16.7 Å². The second-order valence-electron chi connectivity index (χ2n) is 7.33. The third-order valence-electron chi connectivity index (χ3n) is 5.86. The average Bonchev–Trinajstić information content (AvgIpc) is 2.81. The Morgan fingerprint density at radius 2 is 1.79 bits per heavy atom. The second-order valence-corrected chi connectivity index (χ2v) is 8.79. The van der Waals surface area contributed by atoms with E-state index in [1.807, 2.05) is 13.8 Å². The minimum absolute atomic E-state index is 0.0301. The van der Waals surface area contributed by atoms with Gasteiger partial charge in [0.1, 0.15) is 6.29 Å². The molecule has 1 aromatic rings. The van der Waals surface area contributed by atoms with Crippen molar-refractivity contribution in [1.82, 2.24) is 0 Å². The van der Waals surface area contributed by atoms with E-state index in [1.54, 1.807) is 30.3 Å². The molecule has 0 amide bonds. The van der Waals surface area contributed by atoms with Crippen molar-refractivity contribution in [2.24, 2.45) is 16.7 Å². The molecule has 1 aromatic carbocycles. The molecule has 2 bridgehead atoms. The molecule has 128 valence electrons. The van der Waals surface area contributed by atoms with Gasteiger partial charge in [-0.15, -0.1) is 0 Å². The Morgan fingerprint density at radius 3 is 2.33 bits per heavy atom. The number of benzene rings is 1. The molecule has 0 saturated heterocycles. The number of aldehydes is 1. The molecule has 0 aromatic heterocycles. The van der Waals surface area contributed by atoms with E-state index in [0.29, 0.717) is 17.6 Å². The van der Waals surface area contributed by atoms with Gasteiger partial charge in [0.2, 0.25) is 0 Å². The van der Waals surface area contributed by atoms with Crippen LogP contribution in [0.1, 0.15) is 42.6 Å². The van der Waals surface area contributed by atoms with Crippen molar-refractivity contribution in [3.8, 4) is 0 Å². The zero-order chi connectivity index (χ0) is 17.8. The number of Topliss-reactive ketones (excluding diaryl/α,β-unsaturated/α-hetero) is 1. The van der Waals surface area contributed by atoms with Crippen molar-refractivity contribution < 1.29 is 22.6 Å². The van der Waals surface area contributed by atoms with Crippen LogP contribution < -0.4 is 0 Å². The molecule has 0 aliphatic heterocycles. The van der Waals surface area contributed by atoms with Gasteiger partial charge in [-0.3, -0.25) is 14.1 Å². The minimum Gasteiger partial charge on any atom is -0.298 e. The number of hydrogen-bond acceptors (Lipinski definition) is 4. The summed E-state index contributed by atoms with van der Waals surface area (Å²) in [7, 11) is -4.25. The summed E-state index contributed by atoms with van der Waals surface area (Å²) >= 11 is 0. The lowest BCUT2D eigenvalue weighted by molar-refractivity contribution is -0.125. The van der Waals surface area contributed by atoms with E-state index in [0.717, 1.165) is 18.3 Å². The molecule has 3 rings (SSSR count). The summed E-state index contributed by atoms with van der Waals surface area (Å²) in [5.41, 5.74) is 0.400. The summed E-state index contributed by atoms with van der Waals surface area (Å²) in [5.74, 6) is -0.734. The number of ketones is 1. The molecule has 0 spiro atoms. The minimum atomic E-state index is -4.25. The molecular formula is C18H20O5S. The zero-order valence-corrected chi connectivity index (χ0v) is 14.5. The van der Waals surface area contributed by atoms with Crippen molar-refractivity contribution in [3.05, 3.63) is 41.0 Å². The van der Waals surface area contributed by atoms with Crippen LogP contribution in [0.3, 0.4) is 0 Å². The van der Waals surface area contributed by atoms with E-state index in [9.17, 15) is 22.6 Å².